The summed E-state index contributed by atoms with van der Waals surface area (Å²) in [6, 6.07) is 0. The molecule has 0 aromatic heterocycles. The first kappa shape index (κ1) is 16.5. The Balaban J connectivity index is 0. The van der Waals surface area contributed by atoms with Crippen LogP contribution in [-0.4, -0.2) is 55.7 Å². The van der Waals surface area contributed by atoms with Gasteiger partial charge in [-0.3, -0.25) is 4.18 Å². The predicted octanol–water partition coefficient (Wildman–Crippen LogP) is 0.0827. The molecule has 0 saturated heterocycles. The maximum atomic E-state index is 10.9. The summed E-state index contributed by atoms with van der Waals surface area (Å²) < 4.78 is 26.3. The quantitative estimate of drug-likeness (QED) is 0.412. The summed E-state index contributed by atoms with van der Waals surface area (Å²) in [6.45, 7) is 3.00. The van der Waals surface area contributed by atoms with Gasteiger partial charge in [-0.05, 0) is 13.3 Å². The molecule has 78 valence electrons. The SMILES string of the molecule is CCCOS(=O)(=O)C=C(C)C(=O)O.[NaH]. The Kier molecular flexibility index (Phi) is 8.77. The van der Waals surface area contributed by atoms with Gasteiger partial charge >= 0.3 is 35.5 Å². The minimum absolute atomic E-state index is 0. The van der Waals surface area contributed by atoms with Crippen LogP contribution < -0.4 is 0 Å². The molecule has 0 aromatic rings. The molecule has 7 heteroatoms. The van der Waals surface area contributed by atoms with Crippen molar-refractivity contribution in [2.75, 3.05) is 6.61 Å². The van der Waals surface area contributed by atoms with Gasteiger partial charge in [0.2, 0.25) is 0 Å². The van der Waals surface area contributed by atoms with E-state index in [2.05, 4.69) is 4.18 Å². The Bertz CT molecular complexity index is 306. The molecule has 0 heterocycles. The molecule has 0 spiro atoms. The Morgan fingerprint density at radius 3 is 2.36 bits per heavy atom. The van der Waals surface area contributed by atoms with E-state index >= 15 is 0 Å². The van der Waals surface area contributed by atoms with Gasteiger partial charge in [0.25, 0.3) is 10.1 Å². The Labute approximate surface area is 106 Å². The van der Waals surface area contributed by atoms with E-state index in [0.29, 0.717) is 11.8 Å². The molecule has 0 fully saturated rings. The Morgan fingerprint density at radius 2 is 2.00 bits per heavy atom. The van der Waals surface area contributed by atoms with Crippen LogP contribution in [0.15, 0.2) is 11.0 Å². The van der Waals surface area contributed by atoms with E-state index in [1.54, 1.807) is 6.92 Å². The zero-order valence-corrected chi connectivity index (χ0v) is 8.30. The van der Waals surface area contributed by atoms with Crippen LogP contribution in [0.4, 0.5) is 0 Å². The van der Waals surface area contributed by atoms with Crippen LogP contribution in [-0.2, 0) is 19.1 Å². The topological polar surface area (TPSA) is 80.7 Å². The second-order valence-electron chi connectivity index (χ2n) is 2.42. The number of rotatable bonds is 5. The van der Waals surface area contributed by atoms with Gasteiger partial charge in [0.15, 0.2) is 0 Å². The van der Waals surface area contributed by atoms with E-state index in [9.17, 15) is 13.2 Å². The molecule has 5 nitrogen and oxygen atoms in total. The average Bonchev–Trinajstić information content (AvgIpc) is 2.00. The molecular formula is C7H13NaO5S. The number of carboxylic acid groups (broad SMARTS) is 1. The minimum atomic E-state index is -3.83. The van der Waals surface area contributed by atoms with Gasteiger partial charge in [0, 0.05) is 5.57 Å². The molecule has 0 aliphatic heterocycles. The molecule has 0 atom stereocenters. The van der Waals surface area contributed by atoms with Gasteiger partial charge in [-0.2, -0.15) is 8.42 Å². The number of hydrogen-bond acceptors (Lipinski definition) is 4. The summed E-state index contributed by atoms with van der Waals surface area (Å²) in [5.74, 6) is -1.27. The normalized spacial score (nSPS) is 12.0. The summed E-state index contributed by atoms with van der Waals surface area (Å²) >= 11 is 0. The predicted molar refractivity (Wildman–Crippen MR) is 53.7 cm³/mol. The second kappa shape index (κ2) is 7.42. The molecule has 0 unspecified atom stereocenters. The first-order chi connectivity index (χ1) is 5.89. The van der Waals surface area contributed by atoms with Crippen LogP contribution in [0.25, 0.3) is 0 Å². The van der Waals surface area contributed by atoms with E-state index in [-0.39, 0.29) is 41.7 Å². The van der Waals surface area contributed by atoms with Crippen LogP contribution in [0.5, 0.6) is 0 Å². The van der Waals surface area contributed by atoms with Crippen molar-refractivity contribution in [2.45, 2.75) is 20.3 Å². The summed E-state index contributed by atoms with van der Waals surface area (Å²) in [5, 5.41) is 8.98. The van der Waals surface area contributed by atoms with E-state index < -0.39 is 16.1 Å². The van der Waals surface area contributed by atoms with Gasteiger partial charge in [0.05, 0.1) is 12.0 Å². The van der Waals surface area contributed by atoms with Gasteiger partial charge in [0.1, 0.15) is 0 Å². The zero-order chi connectivity index (χ0) is 10.5. The molecule has 0 saturated carbocycles. The van der Waals surface area contributed by atoms with Crippen molar-refractivity contribution in [2.24, 2.45) is 0 Å². The molecule has 0 bridgehead atoms. The van der Waals surface area contributed by atoms with E-state index in [1.807, 2.05) is 0 Å². The van der Waals surface area contributed by atoms with E-state index in [0.717, 1.165) is 0 Å². The van der Waals surface area contributed by atoms with Crippen LogP contribution in [0, 0.1) is 0 Å². The first-order valence-corrected chi connectivity index (χ1v) is 5.17. The number of carboxylic acids is 1. The van der Waals surface area contributed by atoms with Crippen molar-refractivity contribution in [3.05, 3.63) is 11.0 Å². The van der Waals surface area contributed by atoms with Gasteiger partial charge in [-0.15, -0.1) is 0 Å². The van der Waals surface area contributed by atoms with Gasteiger partial charge in [-0.1, -0.05) is 6.92 Å². The van der Waals surface area contributed by atoms with Crippen LogP contribution in [0.1, 0.15) is 20.3 Å². The summed E-state index contributed by atoms with van der Waals surface area (Å²) in [7, 11) is -3.83. The molecule has 0 radical (unpaired) electrons. The Hall–Kier alpha value is 0.120. The standard InChI is InChI=1S/C7H12O5S.Na.H/c1-3-4-12-13(10,11)5-6(2)7(8)9;;/h5H,3-4H2,1-2H3,(H,8,9);;. The Morgan fingerprint density at radius 1 is 1.50 bits per heavy atom. The molecule has 0 rings (SSSR count). The van der Waals surface area contributed by atoms with Crippen molar-refractivity contribution in [1.29, 1.82) is 0 Å². The summed E-state index contributed by atoms with van der Waals surface area (Å²) in [5.41, 5.74) is -0.267. The van der Waals surface area contributed by atoms with Crippen LogP contribution in [0.2, 0.25) is 0 Å². The molecule has 1 N–H and O–H groups in total. The fourth-order valence-corrected chi connectivity index (χ4v) is 1.50. The third-order valence-electron chi connectivity index (χ3n) is 1.11. The molecule has 0 aliphatic carbocycles. The van der Waals surface area contributed by atoms with E-state index in [1.165, 1.54) is 6.92 Å². The van der Waals surface area contributed by atoms with Crippen molar-refractivity contribution in [1.82, 2.24) is 0 Å². The van der Waals surface area contributed by atoms with Crippen molar-refractivity contribution < 1.29 is 22.5 Å². The number of aliphatic carboxylic acids is 1. The van der Waals surface area contributed by atoms with Crippen molar-refractivity contribution in [3.8, 4) is 0 Å². The third-order valence-corrected chi connectivity index (χ3v) is 2.25. The zero-order valence-electron chi connectivity index (χ0n) is 7.48. The van der Waals surface area contributed by atoms with Gasteiger partial charge in [-0.25, -0.2) is 4.79 Å². The molecule has 14 heavy (non-hydrogen) atoms. The molecule has 0 aromatic carbocycles. The maximum absolute atomic E-state index is 10.9. The fourth-order valence-electron chi connectivity index (χ4n) is 0.500. The number of carbonyl (C=O) groups is 1. The average molecular weight is 232 g/mol. The molecule has 0 aliphatic rings. The monoisotopic (exact) mass is 232 g/mol. The van der Waals surface area contributed by atoms with Crippen LogP contribution >= 0.6 is 0 Å². The van der Waals surface area contributed by atoms with Crippen molar-refractivity contribution in [3.63, 3.8) is 0 Å². The van der Waals surface area contributed by atoms with Crippen molar-refractivity contribution >= 4 is 45.6 Å². The van der Waals surface area contributed by atoms with Crippen LogP contribution in [0.3, 0.4) is 0 Å². The third kappa shape index (κ3) is 7.52. The second-order valence-corrected chi connectivity index (χ2v) is 3.88. The molecule has 0 amide bonds. The van der Waals surface area contributed by atoms with E-state index in [4.69, 9.17) is 5.11 Å². The fraction of sp³-hybridized carbons (Fsp3) is 0.571. The summed E-state index contributed by atoms with van der Waals surface area (Å²) in [6.07, 6.45) is 0.555. The first-order valence-electron chi connectivity index (χ1n) is 3.70. The number of hydrogen-bond donors (Lipinski definition) is 1. The summed E-state index contributed by atoms with van der Waals surface area (Å²) in [4.78, 5) is 10.3. The molecular weight excluding hydrogens is 219 g/mol. The van der Waals surface area contributed by atoms with Gasteiger partial charge < -0.3 is 5.11 Å².